The van der Waals surface area contributed by atoms with E-state index in [1.807, 2.05) is 11.6 Å². The van der Waals surface area contributed by atoms with Gasteiger partial charge < -0.3 is 5.32 Å². The first-order valence-electron chi connectivity index (χ1n) is 6.66. The average molecular weight is 373 g/mol. The zero-order valence-electron chi connectivity index (χ0n) is 12.4. The standard InChI is InChI=1S/C13H16ClF3N2O3S/c1-3-6-18-12(20)8(2)19-23(21,22)9-4-5-11(14)10(7-9)13(15,16)17/h4-5,7-8,19H,3,6H2,1-2H3,(H,18,20)/t8-/m0/s1. The van der Waals surface area contributed by atoms with Gasteiger partial charge >= 0.3 is 6.18 Å². The smallest absolute Gasteiger partial charge is 0.355 e. The molecule has 1 amide bonds. The van der Waals surface area contributed by atoms with Crippen molar-refractivity contribution in [3.8, 4) is 0 Å². The number of carbonyl (C=O) groups is 1. The maximum Gasteiger partial charge on any atom is 0.417 e. The third-order valence-corrected chi connectivity index (χ3v) is 4.70. The molecular weight excluding hydrogens is 357 g/mol. The molecule has 5 nitrogen and oxygen atoms in total. The monoisotopic (exact) mass is 372 g/mol. The van der Waals surface area contributed by atoms with Gasteiger partial charge in [0.2, 0.25) is 15.9 Å². The molecule has 0 aliphatic carbocycles. The van der Waals surface area contributed by atoms with E-state index in [9.17, 15) is 26.4 Å². The fourth-order valence-corrected chi connectivity index (χ4v) is 3.10. The fourth-order valence-electron chi connectivity index (χ4n) is 1.64. The molecule has 0 aliphatic rings. The zero-order chi connectivity index (χ0) is 17.8. The third-order valence-electron chi connectivity index (χ3n) is 2.83. The largest absolute Gasteiger partial charge is 0.417 e. The molecule has 1 rings (SSSR count). The summed E-state index contributed by atoms with van der Waals surface area (Å²) in [5.41, 5.74) is -1.26. The molecule has 1 atom stereocenters. The van der Waals surface area contributed by atoms with E-state index < -0.39 is 43.6 Å². The number of hydrogen-bond acceptors (Lipinski definition) is 3. The Balaban J connectivity index is 3.03. The minimum Gasteiger partial charge on any atom is -0.355 e. The SMILES string of the molecule is CCCNC(=O)[C@H](C)NS(=O)(=O)c1ccc(Cl)c(C(F)(F)F)c1. The maximum absolute atomic E-state index is 12.8. The molecule has 2 N–H and O–H groups in total. The summed E-state index contributed by atoms with van der Waals surface area (Å²) in [6.07, 6.45) is -4.12. The van der Waals surface area contributed by atoms with Crippen LogP contribution in [0.15, 0.2) is 23.1 Å². The van der Waals surface area contributed by atoms with E-state index in [0.29, 0.717) is 19.0 Å². The summed E-state index contributed by atoms with van der Waals surface area (Å²) in [4.78, 5) is 11.0. The Morgan fingerprint density at radius 3 is 2.48 bits per heavy atom. The van der Waals surface area contributed by atoms with Crippen LogP contribution in [-0.4, -0.2) is 26.9 Å². The number of sulfonamides is 1. The third kappa shape index (κ3) is 5.36. The average Bonchev–Trinajstić information content (AvgIpc) is 2.43. The van der Waals surface area contributed by atoms with Gasteiger partial charge in [-0.3, -0.25) is 4.79 Å². The van der Waals surface area contributed by atoms with E-state index in [4.69, 9.17) is 11.6 Å². The quantitative estimate of drug-likeness (QED) is 0.805. The Morgan fingerprint density at radius 2 is 1.96 bits per heavy atom. The Bertz CT molecular complexity index is 678. The molecule has 1 aromatic rings. The Hall–Kier alpha value is -1.32. The Labute approximate surface area is 137 Å². The van der Waals surface area contributed by atoms with Crippen molar-refractivity contribution in [1.82, 2.24) is 10.0 Å². The molecule has 130 valence electrons. The van der Waals surface area contributed by atoms with Crippen molar-refractivity contribution in [1.29, 1.82) is 0 Å². The van der Waals surface area contributed by atoms with Crippen LogP contribution in [0.25, 0.3) is 0 Å². The highest BCUT2D eigenvalue weighted by molar-refractivity contribution is 7.89. The lowest BCUT2D eigenvalue weighted by molar-refractivity contribution is -0.137. The number of hydrogen-bond donors (Lipinski definition) is 2. The van der Waals surface area contributed by atoms with Gasteiger partial charge in [0, 0.05) is 6.54 Å². The van der Waals surface area contributed by atoms with Crippen molar-refractivity contribution >= 4 is 27.5 Å². The second-order valence-corrected chi connectivity index (χ2v) is 6.89. The molecule has 0 bridgehead atoms. The summed E-state index contributed by atoms with van der Waals surface area (Å²) in [5.74, 6) is -0.569. The van der Waals surface area contributed by atoms with E-state index in [1.165, 1.54) is 6.92 Å². The van der Waals surface area contributed by atoms with Gasteiger partial charge in [-0.25, -0.2) is 8.42 Å². The second-order valence-electron chi connectivity index (χ2n) is 4.77. The number of halogens is 4. The molecule has 0 spiro atoms. The van der Waals surface area contributed by atoms with Crippen molar-refractivity contribution < 1.29 is 26.4 Å². The molecule has 0 radical (unpaired) electrons. The molecule has 0 heterocycles. The fraction of sp³-hybridized carbons (Fsp3) is 0.462. The van der Waals surface area contributed by atoms with Crippen molar-refractivity contribution in [2.24, 2.45) is 0 Å². The number of rotatable bonds is 6. The van der Waals surface area contributed by atoms with Gasteiger partial charge in [0.1, 0.15) is 0 Å². The summed E-state index contributed by atoms with van der Waals surface area (Å²) in [5, 5.41) is 1.88. The van der Waals surface area contributed by atoms with E-state index in [0.717, 1.165) is 12.1 Å². The predicted molar refractivity (Wildman–Crippen MR) is 79.5 cm³/mol. The molecule has 0 aliphatic heterocycles. The van der Waals surface area contributed by atoms with Gasteiger partial charge in [-0.05, 0) is 31.5 Å². The highest BCUT2D eigenvalue weighted by atomic mass is 35.5. The first-order valence-corrected chi connectivity index (χ1v) is 8.52. The van der Waals surface area contributed by atoms with Crippen LogP contribution in [0.4, 0.5) is 13.2 Å². The Kier molecular flexibility index (Phi) is 6.43. The van der Waals surface area contributed by atoms with Crippen LogP contribution in [0, 0.1) is 0 Å². The first kappa shape index (κ1) is 19.7. The van der Waals surface area contributed by atoms with Crippen LogP contribution in [0.2, 0.25) is 5.02 Å². The van der Waals surface area contributed by atoms with Crippen LogP contribution in [-0.2, 0) is 21.0 Å². The molecule has 1 aromatic carbocycles. The van der Waals surface area contributed by atoms with Gasteiger partial charge in [0.25, 0.3) is 0 Å². The number of amides is 1. The lowest BCUT2D eigenvalue weighted by Gasteiger charge is -2.15. The number of nitrogens with one attached hydrogen (secondary N) is 2. The van der Waals surface area contributed by atoms with Crippen LogP contribution in [0.5, 0.6) is 0 Å². The number of alkyl halides is 3. The van der Waals surface area contributed by atoms with Crippen molar-refractivity contribution in [3.05, 3.63) is 28.8 Å². The van der Waals surface area contributed by atoms with Gasteiger partial charge in [-0.2, -0.15) is 17.9 Å². The molecule has 10 heteroatoms. The number of benzene rings is 1. The van der Waals surface area contributed by atoms with E-state index in [2.05, 4.69) is 5.32 Å². The maximum atomic E-state index is 12.8. The first-order chi connectivity index (χ1) is 10.5. The zero-order valence-corrected chi connectivity index (χ0v) is 13.9. The van der Waals surface area contributed by atoms with Gasteiger partial charge in [0.15, 0.2) is 0 Å². The molecular formula is C13H16ClF3N2O3S. The van der Waals surface area contributed by atoms with E-state index in [1.54, 1.807) is 0 Å². The normalized spacial score (nSPS) is 13.7. The summed E-state index contributed by atoms with van der Waals surface area (Å²) < 4.78 is 64.6. The molecule has 0 fully saturated rings. The van der Waals surface area contributed by atoms with Crippen LogP contribution in [0.3, 0.4) is 0 Å². The summed E-state index contributed by atoms with van der Waals surface area (Å²) >= 11 is 5.44. The molecule has 0 unspecified atom stereocenters. The van der Waals surface area contributed by atoms with Gasteiger partial charge in [-0.1, -0.05) is 18.5 Å². The second kappa shape index (κ2) is 7.50. The molecule has 0 saturated heterocycles. The van der Waals surface area contributed by atoms with Gasteiger partial charge in [0.05, 0.1) is 21.5 Å². The summed E-state index contributed by atoms with van der Waals surface area (Å²) in [7, 11) is -4.30. The van der Waals surface area contributed by atoms with Crippen LogP contribution >= 0.6 is 11.6 Å². The highest BCUT2D eigenvalue weighted by Gasteiger charge is 2.34. The minimum absolute atomic E-state index is 0.365. The topological polar surface area (TPSA) is 75.3 Å². The van der Waals surface area contributed by atoms with Crippen molar-refractivity contribution in [2.75, 3.05) is 6.54 Å². The highest BCUT2D eigenvalue weighted by Crippen LogP contribution is 2.35. The van der Waals surface area contributed by atoms with E-state index >= 15 is 0 Å². The lowest BCUT2D eigenvalue weighted by atomic mass is 10.2. The van der Waals surface area contributed by atoms with Gasteiger partial charge in [-0.15, -0.1) is 0 Å². The summed E-state index contributed by atoms with van der Waals surface area (Å²) in [6.45, 7) is 3.48. The molecule has 23 heavy (non-hydrogen) atoms. The summed E-state index contributed by atoms with van der Waals surface area (Å²) in [6, 6.07) is 1.09. The van der Waals surface area contributed by atoms with E-state index in [-0.39, 0.29) is 0 Å². The lowest BCUT2D eigenvalue weighted by Crippen LogP contribution is -2.44. The van der Waals surface area contributed by atoms with Crippen molar-refractivity contribution in [2.45, 2.75) is 37.4 Å². The van der Waals surface area contributed by atoms with Crippen molar-refractivity contribution in [3.63, 3.8) is 0 Å². The predicted octanol–water partition coefficient (Wildman–Crippen LogP) is 2.55. The van der Waals surface area contributed by atoms with Crippen LogP contribution in [0.1, 0.15) is 25.8 Å². The molecule has 0 aromatic heterocycles. The number of carbonyl (C=O) groups excluding carboxylic acids is 1. The molecule has 0 saturated carbocycles. The van der Waals surface area contributed by atoms with Crippen LogP contribution < -0.4 is 10.0 Å². The Morgan fingerprint density at radius 1 is 1.35 bits per heavy atom. The minimum atomic E-state index is -4.78.